The summed E-state index contributed by atoms with van der Waals surface area (Å²) in [5, 5.41) is 0. The lowest BCUT2D eigenvalue weighted by atomic mass is 9.99. The third kappa shape index (κ3) is 3.63. The van der Waals surface area contributed by atoms with E-state index in [9.17, 15) is 13.2 Å². The highest BCUT2D eigenvalue weighted by molar-refractivity contribution is 7.92. The second-order valence-electron chi connectivity index (χ2n) is 8.92. The van der Waals surface area contributed by atoms with Gasteiger partial charge in [0.05, 0.1) is 16.6 Å². The number of para-hydroxylation sites is 1. The van der Waals surface area contributed by atoms with E-state index in [1.54, 1.807) is 18.2 Å². The summed E-state index contributed by atoms with van der Waals surface area (Å²) in [4.78, 5) is 15.8. The van der Waals surface area contributed by atoms with Gasteiger partial charge in [-0.1, -0.05) is 54.6 Å². The molecule has 35 heavy (non-hydrogen) atoms. The second kappa shape index (κ2) is 8.43. The molecule has 2 aliphatic rings. The number of fused-ring (bicyclic) bond motifs is 2. The fraction of sp³-hybridized carbons (Fsp3) is 0.179. The normalized spacial score (nSPS) is 17.2. The first-order chi connectivity index (χ1) is 17.0. The van der Waals surface area contributed by atoms with Crippen LogP contribution in [0.4, 0.5) is 5.69 Å². The van der Waals surface area contributed by atoms with Crippen molar-refractivity contribution < 1.29 is 13.2 Å². The molecule has 0 radical (unpaired) electrons. The molecule has 4 aromatic rings. The zero-order valence-corrected chi connectivity index (χ0v) is 19.9. The van der Waals surface area contributed by atoms with Gasteiger partial charge in [0.25, 0.3) is 15.9 Å². The average molecular weight is 484 g/mol. The van der Waals surface area contributed by atoms with Crippen LogP contribution in [0.5, 0.6) is 0 Å². The maximum atomic E-state index is 13.8. The molecule has 0 bridgehead atoms. The first kappa shape index (κ1) is 21.7. The van der Waals surface area contributed by atoms with Crippen molar-refractivity contribution >= 4 is 21.6 Å². The van der Waals surface area contributed by atoms with Gasteiger partial charge in [-0.05, 0) is 53.9 Å². The summed E-state index contributed by atoms with van der Waals surface area (Å²) in [6.07, 6.45) is 2.72. The third-order valence-electron chi connectivity index (χ3n) is 6.93. The van der Waals surface area contributed by atoms with Gasteiger partial charge in [0.15, 0.2) is 0 Å². The largest absolute Gasteiger partial charge is 0.348 e. The van der Waals surface area contributed by atoms with Gasteiger partial charge in [-0.2, -0.15) is 0 Å². The number of anilines is 1. The lowest BCUT2D eigenvalue weighted by Crippen LogP contribution is -2.42. The average Bonchev–Trinajstić information content (AvgIpc) is 3.56. The number of benzene rings is 3. The van der Waals surface area contributed by atoms with E-state index < -0.39 is 10.0 Å². The number of amides is 1. The van der Waals surface area contributed by atoms with Crippen molar-refractivity contribution in [3.05, 3.63) is 120 Å². The number of sulfonamides is 1. The number of carbonyl (C=O) groups excluding carboxylic acids is 1. The van der Waals surface area contributed by atoms with Crippen molar-refractivity contribution in [1.82, 2.24) is 9.47 Å². The molecule has 1 aromatic heterocycles. The molecule has 1 atom stereocenters. The van der Waals surface area contributed by atoms with E-state index in [-0.39, 0.29) is 16.8 Å². The summed E-state index contributed by atoms with van der Waals surface area (Å²) in [7, 11) is -3.79. The van der Waals surface area contributed by atoms with Crippen LogP contribution in [0.1, 0.15) is 33.2 Å². The monoisotopic (exact) mass is 483 g/mol. The Kier molecular flexibility index (Phi) is 5.22. The van der Waals surface area contributed by atoms with Gasteiger partial charge in [-0.15, -0.1) is 0 Å². The first-order valence-electron chi connectivity index (χ1n) is 11.8. The summed E-state index contributed by atoms with van der Waals surface area (Å²) in [5.74, 6) is -0.176. The minimum atomic E-state index is -3.79. The molecule has 6 rings (SSSR count). The molecule has 0 saturated carbocycles. The van der Waals surface area contributed by atoms with Gasteiger partial charge in [0, 0.05) is 37.1 Å². The van der Waals surface area contributed by atoms with E-state index in [1.165, 1.54) is 10.4 Å². The minimum absolute atomic E-state index is 0.136. The fourth-order valence-corrected chi connectivity index (χ4v) is 6.78. The molecule has 3 heterocycles. The maximum absolute atomic E-state index is 13.8. The third-order valence-corrected chi connectivity index (χ3v) is 8.74. The molecular weight excluding hydrogens is 458 g/mol. The van der Waals surface area contributed by atoms with E-state index in [1.807, 2.05) is 77.8 Å². The zero-order chi connectivity index (χ0) is 24.0. The predicted molar refractivity (Wildman–Crippen MR) is 135 cm³/mol. The van der Waals surface area contributed by atoms with Crippen LogP contribution in [0.25, 0.3) is 0 Å². The van der Waals surface area contributed by atoms with Crippen LogP contribution < -0.4 is 4.31 Å². The molecule has 0 aliphatic carbocycles. The Hall–Kier alpha value is -3.84. The Morgan fingerprint density at radius 3 is 2.46 bits per heavy atom. The van der Waals surface area contributed by atoms with Crippen molar-refractivity contribution in [2.45, 2.75) is 23.9 Å². The highest BCUT2D eigenvalue weighted by Gasteiger charge is 2.34. The summed E-state index contributed by atoms with van der Waals surface area (Å²) < 4.78 is 30.7. The topological polar surface area (TPSA) is 62.6 Å². The quantitative estimate of drug-likeness (QED) is 0.430. The molecule has 2 aliphatic heterocycles. The molecule has 176 valence electrons. The number of aromatic nitrogens is 1. The minimum Gasteiger partial charge on any atom is -0.348 e. The van der Waals surface area contributed by atoms with E-state index in [2.05, 4.69) is 4.57 Å². The molecule has 0 spiro atoms. The first-order valence-corrected chi connectivity index (χ1v) is 13.2. The molecule has 1 amide bonds. The number of rotatable bonds is 4. The lowest BCUT2D eigenvalue weighted by Gasteiger charge is -2.37. The number of carbonyl (C=O) groups is 1. The van der Waals surface area contributed by atoms with Gasteiger partial charge in [0.1, 0.15) is 0 Å². The van der Waals surface area contributed by atoms with Gasteiger partial charge in [-0.25, -0.2) is 8.42 Å². The van der Waals surface area contributed by atoms with Gasteiger partial charge < -0.3 is 9.47 Å². The second-order valence-corrected chi connectivity index (χ2v) is 10.8. The standard InChI is InChI=1S/C28H25N3O3S/c32-28(30-19-18-29-16-7-14-26(29)27(30)22-9-2-1-3-10-22)23-11-6-12-24(20-23)35(33,34)31-17-15-21-8-4-5-13-25(21)31/h1-14,16,20,27H,15,17-19H2. The van der Waals surface area contributed by atoms with Crippen molar-refractivity contribution in [1.29, 1.82) is 0 Å². The van der Waals surface area contributed by atoms with Crippen LogP contribution in [0.3, 0.4) is 0 Å². The molecule has 0 saturated heterocycles. The Morgan fingerprint density at radius 2 is 1.60 bits per heavy atom. The van der Waals surface area contributed by atoms with Crippen molar-refractivity contribution in [2.75, 3.05) is 17.4 Å². The molecule has 6 nitrogen and oxygen atoms in total. The van der Waals surface area contributed by atoms with E-state index in [0.29, 0.717) is 37.3 Å². The van der Waals surface area contributed by atoms with Crippen LogP contribution in [0.15, 0.2) is 102 Å². The number of hydrogen-bond donors (Lipinski definition) is 0. The summed E-state index contributed by atoms with van der Waals surface area (Å²) in [6.45, 7) is 1.63. The highest BCUT2D eigenvalue weighted by atomic mass is 32.2. The van der Waals surface area contributed by atoms with E-state index in [4.69, 9.17) is 0 Å². The summed E-state index contributed by atoms with van der Waals surface area (Å²) in [6, 6.07) is 27.8. The molecular formula is C28H25N3O3S. The Bertz CT molecular complexity index is 1510. The van der Waals surface area contributed by atoms with Crippen LogP contribution in [0.2, 0.25) is 0 Å². The summed E-state index contributed by atoms with van der Waals surface area (Å²) >= 11 is 0. The fourth-order valence-electron chi connectivity index (χ4n) is 5.23. The maximum Gasteiger partial charge on any atom is 0.264 e. The van der Waals surface area contributed by atoms with Crippen molar-refractivity contribution in [2.24, 2.45) is 0 Å². The smallest absolute Gasteiger partial charge is 0.264 e. The van der Waals surface area contributed by atoms with Crippen LogP contribution in [-0.2, 0) is 23.0 Å². The van der Waals surface area contributed by atoms with Gasteiger partial charge in [0.2, 0.25) is 0 Å². The highest BCUT2D eigenvalue weighted by Crippen LogP contribution is 2.35. The Morgan fingerprint density at radius 1 is 0.800 bits per heavy atom. The molecule has 0 fully saturated rings. The Labute approximate surface area is 205 Å². The van der Waals surface area contributed by atoms with E-state index in [0.717, 1.165) is 16.8 Å². The van der Waals surface area contributed by atoms with Gasteiger partial charge in [-0.3, -0.25) is 9.10 Å². The number of hydrogen-bond acceptors (Lipinski definition) is 3. The van der Waals surface area contributed by atoms with Crippen molar-refractivity contribution in [3.8, 4) is 0 Å². The van der Waals surface area contributed by atoms with E-state index >= 15 is 0 Å². The number of nitrogens with zero attached hydrogens (tertiary/aromatic N) is 3. The molecule has 0 N–H and O–H groups in total. The SMILES string of the molecule is O=C(c1cccc(S(=O)(=O)N2CCc3ccccc32)c1)N1CCn2cccc2C1c1ccccc1. The summed E-state index contributed by atoms with van der Waals surface area (Å²) in [5.41, 5.74) is 4.18. The lowest BCUT2D eigenvalue weighted by molar-refractivity contribution is 0.0664. The molecule has 3 aromatic carbocycles. The Balaban J connectivity index is 1.36. The van der Waals surface area contributed by atoms with Crippen LogP contribution >= 0.6 is 0 Å². The van der Waals surface area contributed by atoms with Crippen molar-refractivity contribution in [3.63, 3.8) is 0 Å². The van der Waals surface area contributed by atoms with Gasteiger partial charge >= 0.3 is 0 Å². The molecule has 1 unspecified atom stereocenters. The van der Waals surface area contributed by atoms with Crippen LogP contribution in [0, 0.1) is 0 Å². The van der Waals surface area contributed by atoms with Crippen LogP contribution in [-0.4, -0.2) is 36.9 Å². The molecule has 7 heteroatoms. The zero-order valence-electron chi connectivity index (χ0n) is 19.1. The predicted octanol–water partition coefficient (Wildman–Crippen LogP) is 4.48.